The van der Waals surface area contributed by atoms with Gasteiger partial charge in [0.2, 0.25) is 0 Å². The lowest BCUT2D eigenvalue weighted by Crippen LogP contribution is -2.14. The van der Waals surface area contributed by atoms with Crippen LogP contribution >= 0.6 is 15.9 Å². The lowest BCUT2D eigenvalue weighted by molar-refractivity contribution is 0.102. The zero-order valence-electron chi connectivity index (χ0n) is 15.4. The molecule has 0 unspecified atom stereocenters. The molecule has 7 heteroatoms. The van der Waals surface area contributed by atoms with Gasteiger partial charge in [0.05, 0.1) is 4.90 Å². The van der Waals surface area contributed by atoms with Crippen molar-refractivity contribution >= 4 is 43.2 Å². The third-order valence-corrected chi connectivity index (χ3v) is 6.43. The highest BCUT2D eigenvalue weighted by atomic mass is 79.9. The van der Waals surface area contributed by atoms with Gasteiger partial charge in [-0.3, -0.25) is 9.52 Å². The number of rotatable bonds is 5. The topological polar surface area (TPSA) is 75.3 Å². The van der Waals surface area contributed by atoms with E-state index in [2.05, 4.69) is 26.0 Å². The summed E-state index contributed by atoms with van der Waals surface area (Å²) in [6, 6.07) is 18.4. The standard InChI is InChI=1S/C21H19BrN2O3S/c1-14-3-10-19(11-4-14)28(26,27)24-17-7-5-16(6-8-17)21(25)23-18-9-12-20(22)15(2)13-18/h3-13,24H,1-2H3,(H,23,25). The Morgan fingerprint density at radius 1 is 0.857 bits per heavy atom. The third kappa shape index (κ3) is 4.79. The SMILES string of the molecule is Cc1ccc(S(=O)(=O)Nc2ccc(C(=O)Nc3ccc(Br)c(C)c3)cc2)cc1. The number of anilines is 2. The summed E-state index contributed by atoms with van der Waals surface area (Å²) < 4.78 is 28.4. The van der Waals surface area contributed by atoms with Crippen LogP contribution in [0, 0.1) is 13.8 Å². The van der Waals surface area contributed by atoms with Crippen LogP contribution in [-0.4, -0.2) is 14.3 Å². The van der Waals surface area contributed by atoms with E-state index in [1.54, 1.807) is 54.6 Å². The van der Waals surface area contributed by atoms with Crippen molar-refractivity contribution in [2.24, 2.45) is 0 Å². The fourth-order valence-corrected chi connectivity index (χ4v) is 3.85. The molecule has 5 nitrogen and oxygen atoms in total. The van der Waals surface area contributed by atoms with Crippen molar-refractivity contribution in [2.75, 3.05) is 10.0 Å². The van der Waals surface area contributed by atoms with Crippen LogP contribution in [0.4, 0.5) is 11.4 Å². The van der Waals surface area contributed by atoms with Gasteiger partial charge in [-0.2, -0.15) is 0 Å². The van der Waals surface area contributed by atoms with Gasteiger partial charge < -0.3 is 5.32 Å². The molecular formula is C21H19BrN2O3S. The van der Waals surface area contributed by atoms with Crippen LogP contribution in [0.1, 0.15) is 21.5 Å². The number of carbonyl (C=O) groups excluding carboxylic acids is 1. The van der Waals surface area contributed by atoms with Crippen molar-refractivity contribution in [1.29, 1.82) is 0 Å². The number of carbonyl (C=O) groups is 1. The fourth-order valence-electron chi connectivity index (χ4n) is 2.55. The van der Waals surface area contributed by atoms with Crippen LogP contribution < -0.4 is 10.0 Å². The lowest BCUT2D eigenvalue weighted by Gasteiger charge is -2.10. The van der Waals surface area contributed by atoms with Gasteiger partial charge in [0.15, 0.2) is 0 Å². The second-order valence-corrected chi connectivity index (χ2v) is 8.95. The number of sulfonamides is 1. The molecule has 144 valence electrons. The highest BCUT2D eigenvalue weighted by Gasteiger charge is 2.14. The minimum absolute atomic E-state index is 0.186. The second-order valence-electron chi connectivity index (χ2n) is 6.41. The first-order chi connectivity index (χ1) is 13.2. The van der Waals surface area contributed by atoms with Gasteiger partial charge in [-0.05, 0) is 74.0 Å². The molecule has 3 rings (SSSR count). The molecule has 0 atom stereocenters. The van der Waals surface area contributed by atoms with Gasteiger partial charge in [0, 0.05) is 21.4 Å². The number of benzene rings is 3. The van der Waals surface area contributed by atoms with Gasteiger partial charge in [0.25, 0.3) is 15.9 Å². The molecule has 0 saturated carbocycles. The van der Waals surface area contributed by atoms with Gasteiger partial charge in [-0.25, -0.2) is 8.42 Å². The first-order valence-corrected chi connectivity index (χ1v) is 10.8. The van der Waals surface area contributed by atoms with Crippen molar-refractivity contribution in [3.63, 3.8) is 0 Å². The number of amides is 1. The first kappa shape index (κ1) is 20.1. The zero-order valence-corrected chi connectivity index (χ0v) is 17.8. The summed E-state index contributed by atoms with van der Waals surface area (Å²) >= 11 is 3.42. The normalized spacial score (nSPS) is 11.1. The van der Waals surface area contributed by atoms with Crippen LogP contribution in [0.3, 0.4) is 0 Å². The van der Waals surface area contributed by atoms with E-state index in [1.807, 2.05) is 26.0 Å². The highest BCUT2D eigenvalue weighted by Crippen LogP contribution is 2.21. The molecule has 1 amide bonds. The molecule has 0 spiro atoms. The van der Waals surface area contributed by atoms with E-state index in [0.29, 0.717) is 16.9 Å². The maximum atomic E-state index is 12.4. The molecular weight excluding hydrogens is 440 g/mol. The van der Waals surface area contributed by atoms with E-state index in [-0.39, 0.29) is 10.8 Å². The molecule has 0 fully saturated rings. The van der Waals surface area contributed by atoms with Gasteiger partial charge in [-0.1, -0.05) is 33.6 Å². The Hall–Kier alpha value is -2.64. The Bertz CT molecular complexity index is 1110. The van der Waals surface area contributed by atoms with E-state index < -0.39 is 10.0 Å². The summed E-state index contributed by atoms with van der Waals surface area (Å²) in [6.07, 6.45) is 0. The summed E-state index contributed by atoms with van der Waals surface area (Å²) in [6.45, 7) is 3.83. The van der Waals surface area contributed by atoms with E-state index >= 15 is 0 Å². The summed E-state index contributed by atoms with van der Waals surface area (Å²) in [7, 11) is -3.68. The van der Waals surface area contributed by atoms with Crippen molar-refractivity contribution in [1.82, 2.24) is 0 Å². The minimum Gasteiger partial charge on any atom is -0.322 e. The van der Waals surface area contributed by atoms with Crippen LogP contribution in [0.5, 0.6) is 0 Å². The number of halogens is 1. The van der Waals surface area contributed by atoms with Gasteiger partial charge in [-0.15, -0.1) is 0 Å². The minimum atomic E-state index is -3.68. The van der Waals surface area contributed by atoms with E-state index in [9.17, 15) is 13.2 Å². The van der Waals surface area contributed by atoms with Gasteiger partial charge >= 0.3 is 0 Å². The number of hydrogen-bond donors (Lipinski definition) is 2. The molecule has 2 N–H and O–H groups in total. The highest BCUT2D eigenvalue weighted by molar-refractivity contribution is 9.10. The second kappa shape index (κ2) is 8.16. The largest absolute Gasteiger partial charge is 0.322 e. The molecule has 0 radical (unpaired) electrons. The van der Waals surface area contributed by atoms with Crippen LogP contribution in [-0.2, 0) is 10.0 Å². The fraction of sp³-hybridized carbons (Fsp3) is 0.0952. The Morgan fingerprint density at radius 2 is 1.46 bits per heavy atom. The Kier molecular flexibility index (Phi) is 5.86. The maximum Gasteiger partial charge on any atom is 0.261 e. The lowest BCUT2D eigenvalue weighted by atomic mass is 10.2. The summed E-state index contributed by atoms with van der Waals surface area (Å²) in [5, 5.41) is 2.83. The molecule has 3 aromatic carbocycles. The van der Waals surface area contributed by atoms with Crippen molar-refractivity contribution in [2.45, 2.75) is 18.7 Å². The monoisotopic (exact) mass is 458 g/mol. The summed E-state index contributed by atoms with van der Waals surface area (Å²) in [5.41, 5.74) is 3.50. The quantitative estimate of drug-likeness (QED) is 0.556. The zero-order chi connectivity index (χ0) is 20.3. The molecule has 0 aromatic heterocycles. The summed E-state index contributed by atoms with van der Waals surface area (Å²) in [5.74, 6) is -0.269. The van der Waals surface area contributed by atoms with Crippen LogP contribution in [0.25, 0.3) is 0 Å². The van der Waals surface area contributed by atoms with Gasteiger partial charge in [0.1, 0.15) is 0 Å². The number of aryl methyl sites for hydroxylation is 2. The maximum absolute atomic E-state index is 12.4. The smallest absolute Gasteiger partial charge is 0.261 e. The number of hydrogen-bond acceptors (Lipinski definition) is 3. The molecule has 3 aromatic rings. The van der Waals surface area contributed by atoms with E-state index in [1.165, 1.54) is 0 Å². The number of nitrogens with one attached hydrogen (secondary N) is 2. The summed E-state index contributed by atoms with van der Waals surface area (Å²) in [4.78, 5) is 12.6. The Balaban J connectivity index is 1.71. The Morgan fingerprint density at radius 3 is 2.07 bits per heavy atom. The molecule has 0 heterocycles. The average Bonchev–Trinajstić information content (AvgIpc) is 2.65. The Labute approximate surface area is 173 Å². The van der Waals surface area contributed by atoms with E-state index in [0.717, 1.165) is 15.6 Å². The predicted molar refractivity (Wildman–Crippen MR) is 115 cm³/mol. The predicted octanol–water partition coefficient (Wildman–Crippen LogP) is 5.12. The molecule has 0 bridgehead atoms. The van der Waals surface area contributed by atoms with Crippen LogP contribution in [0.2, 0.25) is 0 Å². The molecule has 0 saturated heterocycles. The van der Waals surface area contributed by atoms with Crippen molar-refractivity contribution in [3.8, 4) is 0 Å². The molecule has 0 aliphatic rings. The van der Waals surface area contributed by atoms with E-state index in [4.69, 9.17) is 0 Å². The van der Waals surface area contributed by atoms with Crippen LogP contribution in [0.15, 0.2) is 76.1 Å². The third-order valence-electron chi connectivity index (χ3n) is 4.15. The molecule has 0 aliphatic heterocycles. The molecule has 0 aliphatic carbocycles. The first-order valence-electron chi connectivity index (χ1n) is 8.52. The van der Waals surface area contributed by atoms with Crippen molar-refractivity contribution < 1.29 is 13.2 Å². The van der Waals surface area contributed by atoms with Crippen molar-refractivity contribution in [3.05, 3.63) is 87.9 Å². The molecule has 28 heavy (non-hydrogen) atoms. The average molecular weight is 459 g/mol.